The summed E-state index contributed by atoms with van der Waals surface area (Å²) in [6.07, 6.45) is 3.09. The molecular weight excluding hydrogens is 333 g/mol. The topological polar surface area (TPSA) is 61.4 Å². The summed E-state index contributed by atoms with van der Waals surface area (Å²) in [7, 11) is 0. The Labute approximate surface area is 151 Å². The molecular formula is C20H20FN3O2. The molecule has 2 heterocycles. The highest BCUT2D eigenvalue weighted by atomic mass is 19.1. The molecule has 2 aliphatic heterocycles. The van der Waals surface area contributed by atoms with E-state index in [1.807, 2.05) is 17.0 Å². The van der Waals surface area contributed by atoms with Crippen LogP contribution in [-0.2, 0) is 24.2 Å². The van der Waals surface area contributed by atoms with Crippen molar-refractivity contribution in [2.45, 2.75) is 32.2 Å². The van der Waals surface area contributed by atoms with E-state index in [0.717, 1.165) is 47.5 Å². The molecule has 134 valence electrons. The van der Waals surface area contributed by atoms with Gasteiger partial charge in [-0.2, -0.15) is 0 Å². The van der Waals surface area contributed by atoms with Crippen LogP contribution in [0.1, 0.15) is 29.5 Å². The van der Waals surface area contributed by atoms with Crippen LogP contribution >= 0.6 is 0 Å². The highest BCUT2D eigenvalue weighted by Gasteiger charge is 2.29. The molecule has 0 bridgehead atoms. The number of nitrogens with one attached hydrogen (secondary N) is 2. The Morgan fingerprint density at radius 3 is 2.58 bits per heavy atom. The van der Waals surface area contributed by atoms with Gasteiger partial charge in [0.2, 0.25) is 5.91 Å². The van der Waals surface area contributed by atoms with Crippen molar-refractivity contribution in [1.29, 1.82) is 0 Å². The summed E-state index contributed by atoms with van der Waals surface area (Å²) in [6.45, 7) is 1.11. The standard InChI is InChI=1S/C20H20FN3O2/c21-16-6-3-13(4-7-16)12-22-20(26)23-17-10-14-2-1-9-24-18(25)8-5-15(11-17)19(14)24/h3-4,6-7,10-11H,1-2,5,8-9,12H2,(H2,22,23,26). The molecule has 6 heteroatoms. The summed E-state index contributed by atoms with van der Waals surface area (Å²) in [5.41, 5.74) is 4.86. The molecule has 0 radical (unpaired) electrons. The van der Waals surface area contributed by atoms with Crippen LogP contribution in [0.25, 0.3) is 0 Å². The number of carbonyl (C=O) groups excluding carboxylic acids is 2. The summed E-state index contributed by atoms with van der Waals surface area (Å²) in [5, 5.41) is 5.65. The molecule has 26 heavy (non-hydrogen) atoms. The van der Waals surface area contributed by atoms with Gasteiger partial charge in [0.1, 0.15) is 5.82 Å². The van der Waals surface area contributed by atoms with Crippen molar-refractivity contribution in [2.24, 2.45) is 0 Å². The van der Waals surface area contributed by atoms with Crippen LogP contribution in [0.2, 0.25) is 0 Å². The van der Waals surface area contributed by atoms with Gasteiger partial charge < -0.3 is 15.5 Å². The fourth-order valence-corrected chi connectivity index (χ4v) is 3.69. The van der Waals surface area contributed by atoms with E-state index in [-0.39, 0.29) is 17.8 Å². The van der Waals surface area contributed by atoms with Crippen molar-refractivity contribution in [2.75, 3.05) is 16.8 Å². The quantitative estimate of drug-likeness (QED) is 0.889. The van der Waals surface area contributed by atoms with Gasteiger partial charge in [0.05, 0.1) is 5.69 Å². The molecule has 3 amide bonds. The number of anilines is 2. The molecule has 0 saturated heterocycles. The Bertz CT molecular complexity index is 847. The third-order valence-corrected chi connectivity index (χ3v) is 4.90. The lowest BCUT2D eigenvalue weighted by Crippen LogP contribution is -2.39. The van der Waals surface area contributed by atoms with Crippen molar-refractivity contribution in [1.82, 2.24) is 5.32 Å². The minimum atomic E-state index is -0.305. The van der Waals surface area contributed by atoms with Crippen LogP contribution in [-0.4, -0.2) is 18.5 Å². The molecule has 0 spiro atoms. The first-order valence-corrected chi connectivity index (χ1v) is 8.85. The highest BCUT2D eigenvalue weighted by Crippen LogP contribution is 2.37. The number of aryl methyl sites for hydroxylation is 2. The van der Waals surface area contributed by atoms with Crippen molar-refractivity contribution in [3.05, 3.63) is 58.9 Å². The maximum Gasteiger partial charge on any atom is 0.319 e. The number of rotatable bonds is 3. The Morgan fingerprint density at radius 2 is 1.81 bits per heavy atom. The van der Waals surface area contributed by atoms with Gasteiger partial charge >= 0.3 is 6.03 Å². The molecule has 0 fully saturated rings. The van der Waals surface area contributed by atoms with E-state index in [4.69, 9.17) is 0 Å². The smallest absolute Gasteiger partial charge is 0.319 e. The molecule has 0 atom stereocenters. The Balaban J connectivity index is 1.46. The van der Waals surface area contributed by atoms with E-state index >= 15 is 0 Å². The fraction of sp³-hybridized carbons (Fsp3) is 0.300. The summed E-state index contributed by atoms with van der Waals surface area (Å²) in [4.78, 5) is 26.2. The first-order valence-electron chi connectivity index (χ1n) is 8.85. The van der Waals surface area contributed by atoms with Gasteiger partial charge in [-0.3, -0.25) is 4.79 Å². The number of benzene rings is 2. The van der Waals surface area contributed by atoms with Gasteiger partial charge in [-0.05, 0) is 60.2 Å². The normalized spacial score (nSPS) is 15.4. The van der Waals surface area contributed by atoms with Crippen LogP contribution in [0.15, 0.2) is 36.4 Å². The number of carbonyl (C=O) groups is 2. The Kier molecular flexibility index (Phi) is 4.32. The molecule has 2 aromatic rings. The van der Waals surface area contributed by atoms with E-state index in [9.17, 15) is 14.0 Å². The molecule has 0 unspecified atom stereocenters. The summed E-state index contributed by atoms with van der Waals surface area (Å²) < 4.78 is 12.9. The Morgan fingerprint density at radius 1 is 1.08 bits per heavy atom. The van der Waals surface area contributed by atoms with Gasteiger partial charge in [0, 0.05) is 25.2 Å². The molecule has 2 aromatic carbocycles. The average molecular weight is 353 g/mol. The van der Waals surface area contributed by atoms with Crippen LogP contribution in [0.4, 0.5) is 20.6 Å². The second kappa shape index (κ2) is 6.78. The molecule has 0 aromatic heterocycles. The third-order valence-electron chi connectivity index (χ3n) is 4.90. The number of urea groups is 1. The van der Waals surface area contributed by atoms with E-state index in [2.05, 4.69) is 10.6 Å². The number of nitrogens with zero attached hydrogens (tertiary/aromatic N) is 1. The largest absolute Gasteiger partial charge is 0.334 e. The monoisotopic (exact) mass is 353 g/mol. The number of amides is 3. The fourth-order valence-electron chi connectivity index (χ4n) is 3.69. The molecule has 0 saturated carbocycles. The minimum absolute atomic E-state index is 0.191. The summed E-state index contributed by atoms with van der Waals surface area (Å²) in [6, 6.07) is 9.64. The lowest BCUT2D eigenvalue weighted by atomic mass is 9.91. The SMILES string of the molecule is O=C(NCc1ccc(F)cc1)Nc1cc2c3c(c1)CCC(=O)N3CCC2. The maximum atomic E-state index is 12.9. The van der Waals surface area contributed by atoms with Crippen LogP contribution < -0.4 is 15.5 Å². The third kappa shape index (κ3) is 3.27. The molecule has 2 N–H and O–H groups in total. The summed E-state index contributed by atoms with van der Waals surface area (Å²) in [5.74, 6) is -0.107. The molecule has 4 rings (SSSR count). The molecule has 5 nitrogen and oxygen atoms in total. The van der Waals surface area contributed by atoms with Gasteiger partial charge in [0.25, 0.3) is 0 Å². The zero-order chi connectivity index (χ0) is 18.1. The van der Waals surface area contributed by atoms with Crippen molar-refractivity contribution in [3.63, 3.8) is 0 Å². The minimum Gasteiger partial charge on any atom is -0.334 e. The van der Waals surface area contributed by atoms with Crippen molar-refractivity contribution >= 4 is 23.3 Å². The van der Waals surface area contributed by atoms with Crippen molar-refractivity contribution < 1.29 is 14.0 Å². The van der Waals surface area contributed by atoms with E-state index in [1.165, 1.54) is 12.1 Å². The number of halogens is 1. The van der Waals surface area contributed by atoms with Crippen LogP contribution in [0.3, 0.4) is 0 Å². The highest BCUT2D eigenvalue weighted by molar-refractivity contribution is 5.99. The predicted molar refractivity (Wildman–Crippen MR) is 97.7 cm³/mol. The van der Waals surface area contributed by atoms with Gasteiger partial charge in [-0.15, -0.1) is 0 Å². The van der Waals surface area contributed by atoms with E-state index in [0.29, 0.717) is 19.4 Å². The average Bonchev–Trinajstić information content (AvgIpc) is 2.64. The lowest BCUT2D eigenvalue weighted by Gasteiger charge is -2.35. The van der Waals surface area contributed by atoms with Crippen molar-refractivity contribution in [3.8, 4) is 0 Å². The zero-order valence-electron chi connectivity index (χ0n) is 14.3. The molecule has 0 aliphatic carbocycles. The molecule has 2 aliphatic rings. The maximum absolute atomic E-state index is 12.9. The van der Waals surface area contributed by atoms with E-state index in [1.54, 1.807) is 12.1 Å². The van der Waals surface area contributed by atoms with E-state index < -0.39 is 0 Å². The lowest BCUT2D eigenvalue weighted by molar-refractivity contribution is -0.119. The second-order valence-electron chi connectivity index (χ2n) is 6.73. The van der Waals surface area contributed by atoms with Gasteiger partial charge in [-0.25, -0.2) is 9.18 Å². The predicted octanol–water partition coefficient (Wildman–Crippen LogP) is 3.37. The van der Waals surface area contributed by atoms with Crippen LogP contribution in [0.5, 0.6) is 0 Å². The zero-order valence-corrected chi connectivity index (χ0v) is 14.3. The Hall–Kier alpha value is -2.89. The first kappa shape index (κ1) is 16.6. The van der Waals surface area contributed by atoms with Gasteiger partial charge in [-0.1, -0.05) is 12.1 Å². The second-order valence-corrected chi connectivity index (χ2v) is 6.73. The van der Waals surface area contributed by atoms with Gasteiger partial charge in [0.15, 0.2) is 0 Å². The first-order chi connectivity index (χ1) is 12.6. The summed E-state index contributed by atoms with van der Waals surface area (Å²) >= 11 is 0. The number of hydrogen-bond acceptors (Lipinski definition) is 2. The van der Waals surface area contributed by atoms with Crippen LogP contribution in [0, 0.1) is 5.82 Å². The number of hydrogen-bond donors (Lipinski definition) is 2.